The molecule has 0 atom stereocenters. The highest BCUT2D eigenvalue weighted by molar-refractivity contribution is 7.91. The highest BCUT2D eigenvalue weighted by atomic mass is 32.2. The molecule has 1 aliphatic carbocycles. The first-order chi connectivity index (χ1) is 8.57. The molecule has 18 heavy (non-hydrogen) atoms. The fraction of sp³-hybridized carbons (Fsp3) is 0.500. The molecule has 1 fully saturated rings. The third kappa shape index (κ3) is 2.93. The zero-order valence-corrected chi connectivity index (χ0v) is 11.6. The van der Waals surface area contributed by atoms with E-state index in [1.165, 1.54) is 15.6 Å². The molecule has 0 saturated heterocycles. The Bertz CT molecular complexity index is 553. The van der Waals surface area contributed by atoms with Crippen molar-refractivity contribution in [1.82, 2.24) is 4.31 Å². The van der Waals surface area contributed by atoms with Gasteiger partial charge in [-0.3, -0.25) is 0 Å². The number of hydrogen-bond acceptors (Lipinski definition) is 4. The molecule has 1 saturated carbocycles. The number of sulfonamides is 1. The van der Waals surface area contributed by atoms with E-state index in [0.717, 1.165) is 17.7 Å². The van der Waals surface area contributed by atoms with Gasteiger partial charge < -0.3 is 5.73 Å². The lowest BCUT2D eigenvalue weighted by atomic mass is 10.4. The minimum Gasteiger partial charge on any atom is -0.326 e. The van der Waals surface area contributed by atoms with Crippen LogP contribution in [0.5, 0.6) is 0 Å². The van der Waals surface area contributed by atoms with Crippen molar-refractivity contribution >= 4 is 21.4 Å². The van der Waals surface area contributed by atoms with Crippen LogP contribution >= 0.6 is 11.3 Å². The van der Waals surface area contributed by atoms with Gasteiger partial charge >= 0.3 is 0 Å². The lowest BCUT2D eigenvalue weighted by molar-refractivity contribution is 0.431. The summed E-state index contributed by atoms with van der Waals surface area (Å²) < 4.78 is 26.6. The van der Waals surface area contributed by atoms with Crippen LogP contribution in [-0.2, 0) is 16.6 Å². The summed E-state index contributed by atoms with van der Waals surface area (Å²) in [6, 6.07) is 3.36. The number of terminal acetylenes is 1. The van der Waals surface area contributed by atoms with Gasteiger partial charge in [-0.05, 0) is 30.9 Å². The molecule has 2 rings (SSSR count). The third-order valence-electron chi connectivity index (χ3n) is 2.86. The van der Waals surface area contributed by atoms with Crippen LogP contribution in [0.3, 0.4) is 0 Å². The largest absolute Gasteiger partial charge is 0.326 e. The predicted molar refractivity (Wildman–Crippen MR) is 72.5 cm³/mol. The Labute approximate surface area is 112 Å². The van der Waals surface area contributed by atoms with Crippen LogP contribution in [0.25, 0.3) is 0 Å². The Morgan fingerprint density at radius 2 is 2.22 bits per heavy atom. The first-order valence-electron chi connectivity index (χ1n) is 5.80. The number of hydrogen-bond donors (Lipinski definition) is 1. The Kier molecular flexibility index (Phi) is 4.07. The fourth-order valence-electron chi connectivity index (χ4n) is 1.67. The Morgan fingerprint density at radius 3 is 2.72 bits per heavy atom. The summed E-state index contributed by atoms with van der Waals surface area (Å²) in [6.45, 7) is 1.02. The van der Waals surface area contributed by atoms with Crippen molar-refractivity contribution in [2.24, 2.45) is 11.7 Å². The lowest BCUT2D eigenvalue weighted by Crippen LogP contribution is -2.32. The van der Waals surface area contributed by atoms with Crippen molar-refractivity contribution in [3.05, 3.63) is 17.0 Å². The normalized spacial score (nSPS) is 15.8. The van der Waals surface area contributed by atoms with Gasteiger partial charge in [-0.1, -0.05) is 5.92 Å². The van der Waals surface area contributed by atoms with Crippen LogP contribution < -0.4 is 5.73 Å². The molecule has 6 heteroatoms. The van der Waals surface area contributed by atoms with Crippen LogP contribution in [0, 0.1) is 18.3 Å². The summed E-state index contributed by atoms with van der Waals surface area (Å²) in [6.07, 6.45) is 7.44. The van der Waals surface area contributed by atoms with Crippen molar-refractivity contribution in [3.8, 4) is 12.3 Å². The van der Waals surface area contributed by atoms with Gasteiger partial charge in [0.05, 0.1) is 6.54 Å². The minimum absolute atomic E-state index is 0.134. The van der Waals surface area contributed by atoms with Gasteiger partial charge in [-0.2, -0.15) is 4.31 Å². The summed E-state index contributed by atoms with van der Waals surface area (Å²) in [7, 11) is -3.45. The van der Waals surface area contributed by atoms with Crippen LogP contribution in [0.4, 0.5) is 0 Å². The van der Waals surface area contributed by atoms with Gasteiger partial charge in [0, 0.05) is 18.0 Å². The molecule has 0 spiro atoms. The first-order valence-corrected chi connectivity index (χ1v) is 8.06. The molecule has 1 aromatic rings. The van der Waals surface area contributed by atoms with Crippen molar-refractivity contribution in [2.45, 2.75) is 23.6 Å². The van der Waals surface area contributed by atoms with Crippen molar-refractivity contribution in [3.63, 3.8) is 0 Å². The second-order valence-electron chi connectivity index (χ2n) is 4.37. The minimum atomic E-state index is -3.45. The van der Waals surface area contributed by atoms with Gasteiger partial charge in [0.1, 0.15) is 4.21 Å². The Balaban J connectivity index is 2.22. The zero-order chi connectivity index (χ0) is 13.2. The number of thiophene rings is 1. The maximum Gasteiger partial charge on any atom is 0.253 e. The molecular weight excluding hydrogens is 268 g/mol. The summed E-state index contributed by atoms with van der Waals surface area (Å²) in [5.41, 5.74) is 5.50. The second-order valence-corrected chi connectivity index (χ2v) is 7.70. The molecule has 0 bridgehead atoms. The molecule has 1 aliphatic rings. The van der Waals surface area contributed by atoms with E-state index in [1.54, 1.807) is 12.1 Å². The van der Waals surface area contributed by atoms with E-state index in [2.05, 4.69) is 5.92 Å². The topological polar surface area (TPSA) is 63.4 Å². The van der Waals surface area contributed by atoms with Crippen LogP contribution in [0.1, 0.15) is 17.7 Å². The average Bonchev–Trinajstić information content (AvgIpc) is 3.02. The van der Waals surface area contributed by atoms with Gasteiger partial charge in [0.15, 0.2) is 0 Å². The SMILES string of the molecule is C#CCN(CC1CC1)S(=O)(=O)c1ccc(CN)s1. The van der Waals surface area contributed by atoms with Crippen LogP contribution in [0.15, 0.2) is 16.3 Å². The molecular formula is C12H16N2O2S2. The van der Waals surface area contributed by atoms with Gasteiger partial charge in [0.2, 0.25) is 0 Å². The van der Waals surface area contributed by atoms with E-state index in [9.17, 15) is 8.42 Å². The fourth-order valence-corrected chi connectivity index (χ4v) is 4.49. The standard InChI is InChI=1S/C12H16N2O2S2/c1-2-7-14(9-10-3-4-10)18(15,16)12-6-5-11(8-13)17-12/h1,5-6,10H,3-4,7-9,13H2. The van der Waals surface area contributed by atoms with E-state index in [-0.39, 0.29) is 6.54 Å². The monoisotopic (exact) mass is 284 g/mol. The van der Waals surface area contributed by atoms with Gasteiger partial charge in [-0.15, -0.1) is 17.8 Å². The Morgan fingerprint density at radius 1 is 1.50 bits per heavy atom. The van der Waals surface area contributed by atoms with Crippen molar-refractivity contribution in [2.75, 3.05) is 13.1 Å². The van der Waals surface area contributed by atoms with Crippen molar-refractivity contribution < 1.29 is 8.42 Å². The number of rotatable bonds is 6. The van der Waals surface area contributed by atoms with E-state index >= 15 is 0 Å². The van der Waals surface area contributed by atoms with E-state index < -0.39 is 10.0 Å². The molecule has 0 radical (unpaired) electrons. The molecule has 1 aromatic heterocycles. The smallest absolute Gasteiger partial charge is 0.253 e. The molecule has 0 aromatic carbocycles. The average molecular weight is 284 g/mol. The summed E-state index contributed by atoms with van der Waals surface area (Å²) >= 11 is 1.22. The zero-order valence-electron chi connectivity index (χ0n) is 10.0. The first kappa shape index (κ1) is 13.6. The summed E-state index contributed by atoms with van der Waals surface area (Å²) in [4.78, 5) is 0.862. The van der Waals surface area contributed by atoms with Crippen LogP contribution in [-0.4, -0.2) is 25.8 Å². The second kappa shape index (κ2) is 5.41. The molecule has 98 valence electrons. The maximum atomic E-state index is 12.4. The van der Waals surface area contributed by atoms with E-state index in [4.69, 9.17) is 12.2 Å². The molecule has 2 N–H and O–H groups in total. The van der Waals surface area contributed by atoms with Gasteiger partial charge in [0.25, 0.3) is 10.0 Å². The lowest BCUT2D eigenvalue weighted by Gasteiger charge is -2.18. The van der Waals surface area contributed by atoms with E-state index in [1.807, 2.05) is 0 Å². The van der Waals surface area contributed by atoms with Crippen LogP contribution in [0.2, 0.25) is 0 Å². The van der Waals surface area contributed by atoms with Gasteiger partial charge in [-0.25, -0.2) is 8.42 Å². The predicted octanol–water partition coefficient (Wildman–Crippen LogP) is 1.24. The maximum absolute atomic E-state index is 12.4. The number of nitrogens with two attached hydrogens (primary N) is 1. The molecule has 1 heterocycles. The summed E-state index contributed by atoms with van der Waals surface area (Å²) in [5, 5.41) is 0. The van der Waals surface area contributed by atoms with Crippen molar-refractivity contribution in [1.29, 1.82) is 0 Å². The quantitative estimate of drug-likeness (QED) is 0.799. The molecule has 4 nitrogen and oxygen atoms in total. The molecule has 0 amide bonds. The third-order valence-corrected chi connectivity index (χ3v) is 6.25. The molecule has 0 aliphatic heterocycles. The molecule has 0 unspecified atom stereocenters. The van der Waals surface area contributed by atoms with E-state index in [0.29, 0.717) is 23.2 Å². The summed E-state index contributed by atoms with van der Waals surface area (Å²) in [5.74, 6) is 2.90. The highest BCUT2D eigenvalue weighted by Gasteiger charge is 2.31. The Hall–Kier alpha value is -0.870. The highest BCUT2D eigenvalue weighted by Crippen LogP contribution is 2.32. The number of nitrogens with zero attached hydrogens (tertiary/aromatic N) is 1.